The molecule has 3 N–H and O–H groups in total. The van der Waals surface area contributed by atoms with Crippen LogP contribution in [0.2, 0.25) is 0 Å². The van der Waals surface area contributed by atoms with Crippen LogP contribution in [0.3, 0.4) is 0 Å². The molecule has 7 nitrogen and oxygen atoms in total. The highest BCUT2D eigenvalue weighted by atomic mass is 19.4. The lowest BCUT2D eigenvalue weighted by Gasteiger charge is -2.25. The van der Waals surface area contributed by atoms with E-state index in [1.807, 2.05) is 0 Å². The molecule has 0 spiro atoms. The van der Waals surface area contributed by atoms with Gasteiger partial charge in [0.05, 0.1) is 24.2 Å². The second kappa shape index (κ2) is 10.2. The number of halogens is 4. The summed E-state index contributed by atoms with van der Waals surface area (Å²) in [6.07, 6.45) is -2.51. The van der Waals surface area contributed by atoms with Gasteiger partial charge in [-0.15, -0.1) is 0 Å². The van der Waals surface area contributed by atoms with Crippen molar-refractivity contribution in [2.45, 2.75) is 57.9 Å². The van der Waals surface area contributed by atoms with Crippen molar-refractivity contribution >= 4 is 22.4 Å². The average molecular weight is 522 g/mol. The van der Waals surface area contributed by atoms with Crippen LogP contribution in [0.25, 0.3) is 10.9 Å². The quantitative estimate of drug-likeness (QED) is 0.275. The zero-order valence-corrected chi connectivity index (χ0v) is 21.4. The number of rotatable bonds is 9. The lowest BCUT2D eigenvalue weighted by Crippen LogP contribution is -2.35. The number of hydrogen-bond donors (Lipinski definition) is 2. The van der Waals surface area contributed by atoms with Crippen LogP contribution >= 0.6 is 0 Å². The number of likely N-dealkylation sites (N-methyl/N-ethyl adjacent to an activating group) is 1. The maximum atomic E-state index is 14.9. The zero-order chi connectivity index (χ0) is 27.1. The molecule has 2 atom stereocenters. The standard InChI is InChI=1S/C26H31F4N5O2/c1-13(35(4)17-6-7-17)12-37-23-10-19-21(11-22(23)36-5)33-15(3)34-25(19)32-14(2)18-8-16(31)9-20(24(18)27)26(28,29)30/h8-11,13-14,17H,6-7,12,31H2,1-5H3,(H,32,33,34)/t13-,14-/m1/s1. The molecule has 0 radical (unpaired) electrons. The van der Waals surface area contributed by atoms with Crippen LogP contribution in [0, 0.1) is 12.7 Å². The summed E-state index contributed by atoms with van der Waals surface area (Å²) in [7, 11) is 3.60. The van der Waals surface area contributed by atoms with Crippen LogP contribution < -0.4 is 20.5 Å². The van der Waals surface area contributed by atoms with Gasteiger partial charge in [-0.25, -0.2) is 14.4 Å². The van der Waals surface area contributed by atoms with E-state index in [1.54, 1.807) is 19.1 Å². The van der Waals surface area contributed by atoms with Gasteiger partial charge >= 0.3 is 6.18 Å². The Hall–Kier alpha value is -3.34. The molecule has 1 saturated carbocycles. The van der Waals surface area contributed by atoms with Crippen molar-refractivity contribution in [3.63, 3.8) is 0 Å². The molecule has 3 aromatic rings. The maximum absolute atomic E-state index is 14.9. The Balaban J connectivity index is 1.67. The SMILES string of the molecule is COc1cc2nc(C)nc(N[C@H](C)c3cc(N)cc(C(F)(F)F)c3F)c2cc1OC[C@@H](C)N(C)C1CC1. The van der Waals surface area contributed by atoms with Gasteiger partial charge in [-0.05, 0) is 58.9 Å². The number of nitrogens with two attached hydrogens (primary N) is 1. The van der Waals surface area contributed by atoms with Crippen molar-refractivity contribution in [1.82, 2.24) is 14.9 Å². The minimum absolute atomic E-state index is 0.175. The minimum Gasteiger partial charge on any atom is -0.493 e. The number of alkyl halides is 3. The number of aryl methyl sites for hydroxylation is 1. The van der Waals surface area contributed by atoms with Gasteiger partial charge in [0.2, 0.25) is 0 Å². The predicted octanol–water partition coefficient (Wildman–Crippen LogP) is 5.72. The number of ether oxygens (including phenoxy) is 2. The molecule has 37 heavy (non-hydrogen) atoms. The lowest BCUT2D eigenvalue weighted by atomic mass is 10.0. The molecule has 4 rings (SSSR count). The number of hydrogen-bond acceptors (Lipinski definition) is 7. The Morgan fingerprint density at radius 2 is 1.84 bits per heavy atom. The highest BCUT2D eigenvalue weighted by Gasteiger charge is 2.36. The predicted molar refractivity (Wildman–Crippen MR) is 134 cm³/mol. The van der Waals surface area contributed by atoms with Gasteiger partial charge in [0.1, 0.15) is 24.1 Å². The third-order valence-electron chi connectivity index (χ3n) is 6.64. The molecule has 0 saturated heterocycles. The van der Waals surface area contributed by atoms with Gasteiger partial charge in [0, 0.05) is 34.8 Å². The first-order chi connectivity index (χ1) is 17.4. The van der Waals surface area contributed by atoms with E-state index in [0.717, 1.165) is 0 Å². The summed E-state index contributed by atoms with van der Waals surface area (Å²) in [5.74, 6) is 0.324. The van der Waals surface area contributed by atoms with Gasteiger partial charge in [-0.3, -0.25) is 4.90 Å². The number of benzene rings is 2. The van der Waals surface area contributed by atoms with E-state index in [-0.39, 0.29) is 17.3 Å². The molecule has 1 fully saturated rings. The summed E-state index contributed by atoms with van der Waals surface area (Å²) in [6.45, 7) is 5.74. The molecule has 0 amide bonds. The zero-order valence-electron chi connectivity index (χ0n) is 21.4. The first kappa shape index (κ1) is 26.7. The number of nitrogens with zero attached hydrogens (tertiary/aromatic N) is 3. The van der Waals surface area contributed by atoms with Crippen molar-refractivity contribution in [3.8, 4) is 11.5 Å². The van der Waals surface area contributed by atoms with Crippen molar-refractivity contribution in [2.75, 3.05) is 31.8 Å². The Bertz CT molecular complexity index is 1300. The third kappa shape index (κ3) is 5.82. The highest BCUT2D eigenvalue weighted by molar-refractivity contribution is 5.92. The van der Waals surface area contributed by atoms with E-state index in [2.05, 4.69) is 34.2 Å². The van der Waals surface area contributed by atoms with Gasteiger partial charge in [-0.2, -0.15) is 13.2 Å². The fourth-order valence-electron chi connectivity index (χ4n) is 4.28. The molecule has 2 aromatic carbocycles. The Morgan fingerprint density at radius 3 is 2.46 bits per heavy atom. The fraction of sp³-hybridized carbons (Fsp3) is 0.462. The fourth-order valence-corrected chi connectivity index (χ4v) is 4.28. The first-order valence-electron chi connectivity index (χ1n) is 12.0. The average Bonchev–Trinajstić information content (AvgIpc) is 3.67. The van der Waals surface area contributed by atoms with E-state index in [0.29, 0.717) is 52.8 Å². The number of anilines is 2. The van der Waals surface area contributed by atoms with Crippen LogP contribution in [-0.4, -0.2) is 47.7 Å². The van der Waals surface area contributed by atoms with Crippen LogP contribution in [0.5, 0.6) is 11.5 Å². The van der Waals surface area contributed by atoms with Crippen molar-refractivity contribution < 1.29 is 27.0 Å². The molecule has 0 unspecified atom stereocenters. The Labute approximate surface area is 213 Å². The smallest absolute Gasteiger partial charge is 0.419 e. The number of aromatic nitrogens is 2. The molecule has 1 aliphatic rings. The van der Waals surface area contributed by atoms with Gasteiger partial charge in [0.15, 0.2) is 11.5 Å². The second-order valence-corrected chi connectivity index (χ2v) is 9.53. The maximum Gasteiger partial charge on any atom is 0.419 e. The molecule has 1 aliphatic carbocycles. The van der Waals surface area contributed by atoms with E-state index in [9.17, 15) is 17.6 Å². The topological polar surface area (TPSA) is 85.5 Å². The summed E-state index contributed by atoms with van der Waals surface area (Å²) >= 11 is 0. The highest BCUT2D eigenvalue weighted by Crippen LogP contribution is 2.38. The van der Waals surface area contributed by atoms with Crippen LogP contribution in [-0.2, 0) is 6.18 Å². The van der Waals surface area contributed by atoms with Gasteiger partial charge < -0.3 is 20.5 Å². The monoisotopic (exact) mass is 521 g/mol. The van der Waals surface area contributed by atoms with Gasteiger partial charge in [0.25, 0.3) is 0 Å². The summed E-state index contributed by atoms with van der Waals surface area (Å²) < 4.78 is 66.5. The summed E-state index contributed by atoms with van der Waals surface area (Å²) in [5.41, 5.74) is 4.39. The van der Waals surface area contributed by atoms with E-state index in [4.69, 9.17) is 15.2 Å². The minimum atomic E-state index is -4.88. The first-order valence-corrected chi connectivity index (χ1v) is 12.0. The summed E-state index contributed by atoms with van der Waals surface area (Å²) in [5, 5.41) is 3.59. The van der Waals surface area contributed by atoms with E-state index in [1.165, 1.54) is 32.9 Å². The van der Waals surface area contributed by atoms with E-state index >= 15 is 0 Å². The Kier molecular flexibility index (Phi) is 7.36. The number of fused-ring (bicyclic) bond motifs is 1. The van der Waals surface area contributed by atoms with E-state index < -0.39 is 23.6 Å². The summed E-state index contributed by atoms with van der Waals surface area (Å²) in [4.78, 5) is 11.2. The van der Waals surface area contributed by atoms with Crippen LogP contribution in [0.15, 0.2) is 24.3 Å². The lowest BCUT2D eigenvalue weighted by molar-refractivity contribution is -0.140. The van der Waals surface area contributed by atoms with Crippen molar-refractivity contribution in [3.05, 3.63) is 47.0 Å². The number of nitrogen functional groups attached to an aromatic ring is 1. The third-order valence-corrected chi connectivity index (χ3v) is 6.64. The summed E-state index contributed by atoms with van der Waals surface area (Å²) in [6, 6.07) is 5.09. The van der Waals surface area contributed by atoms with Crippen LogP contribution in [0.1, 0.15) is 49.7 Å². The second-order valence-electron chi connectivity index (χ2n) is 9.53. The molecule has 11 heteroatoms. The molecule has 0 bridgehead atoms. The Morgan fingerprint density at radius 1 is 1.14 bits per heavy atom. The van der Waals surface area contributed by atoms with Crippen molar-refractivity contribution in [2.24, 2.45) is 0 Å². The van der Waals surface area contributed by atoms with Crippen molar-refractivity contribution in [1.29, 1.82) is 0 Å². The normalized spacial score (nSPS) is 15.6. The molecule has 200 valence electrons. The molecular formula is C26H31F4N5O2. The largest absolute Gasteiger partial charge is 0.493 e. The number of methoxy groups -OCH3 is 1. The molecular weight excluding hydrogens is 490 g/mol. The van der Waals surface area contributed by atoms with Crippen LogP contribution in [0.4, 0.5) is 29.1 Å². The molecule has 1 aromatic heterocycles. The number of nitrogens with one attached hydrogen (secondary N) is 1. The molecule has 0 aliphatic heterocycles. The molecule has 1 heterocycles. The van der Waals surface area contributed by atoms with Gasteiger partial charge in [-0.1, -0.05) is 0 Å².